The average molecular weight is 189 g/mol. The lowest BCUT2D eigenvalue weighted by atomic mass is 10.2. The molecule has 2 N–H and O–H groups in total. The van der Waals surface area contributed by atoms with Crippen molar-refractivity contribution in [3.05, 3.63) is 41.3 Å². The van der Waals surface area contributed by atoms with Crippen molar-refractivity contribution in [2.75, 3.05) is 6.54 Å². The fourth-order valence-corrected chi connectivity index (χ4v) is 2.26. The summed E-state index contributed by atoms with van der Waals surface area (Å²) in [5.74, 6) is 0. The van der Waals surface area contributed by atoms with Crippen LogP contribution in [0.4, 0.5) is 0 Å². The fraction of sp³-hybridized carbons (Fsp3) is 0.0909. The Kier molecular flexibility index (Phi) is 2.43. The molecule has 0 spiro atoms. The molecule has 2 heteroatoms. The standard InChI is InChI=1S/C11H11NS/c12-7-3-5-10-8-9-4-1-2-6-11(9)13-10/h1-6,8H,7,12H2/b5-3+. The third-order valence-corrected chi connectivity index (χ3v) is 2.94. The molecule has 0 radical (unpaired) electrons. The summed E-state index contributed by atoms with van der Waals surface area (Å²) in [6, 6.07) is 10.6. The monoisotopic (exact) mass is 189 g/mol. The Morgan fingerprint density at radius 1 is 1.31 bits per heavy atom. The molecule has 2 aromatic rings. The van der Waals surface area contributed by atoms with E-state index < -0.39 is 0 Å². The number of rotatable bonds is 2. The van der Waals surface area contributed by atoms with E-state index in [-0.39, 0.29) is 0 Å². The van der Waals surface area contributed by atoms with Gasteiger partial charge in [-0.2, -0.15) is 0 Å². The largest absolute Gasteiger partial charge is 0.327 e. The van der Waals surface area contributed by atoms with E-state index in [9.17, 15) is 0 Å². The second-order valence-electron chi connectivity index (χ2n) is 2.82. The van der Waals surface area contributed by atoms with E-state index in [2.05, 4.69) is 36.4 Å². The minimum atomic E-state index is 0.605. The third-order valence-electron chi connectivity index (χ3n) is 1.86. The van der Waals surface area contributed by atoms with Gasteiger partial charge in [0.05, 0.1) is 0 Å². The van der Waals surface area contributed by atoms with E-state index in [1.165, 1.54) is 15.0 Å². The summed E-state index contributed by atoms with van der Waals surface area (Å²) in [4.78, 5) is 1.27. The molecule has 66 valence electrons. The van der Waals surface area contributed by atoms with Crippen LogP contribution in [-0.2, 0) is 0 Å². The zero-order chi connectivity index (χ0) is 9.10. The minimum Gasteiger partial charge on any atom is -0.327 e. The van der Waals surface area contributed by atoms with Crippen molar-refractivity contribution in [2.45, 2.75) is 0 Å². The molecule has 0 unspecified atom stereocenters. The van der Waals surface area contributed by atoms with Crippen LogP contribution in [0.5, 0.6) is 0 Å². The molecular weight excluding hydrogens is 178 g/mol. The Morgan fingerprint density at radius 3 is 2.92 bits per heavy atom. The van der Waals surface area contributed by atoms with Crippen molar-refractivity contribution in [3.8, 4) is 0 Å². The number of benzene rings is 1. The highest BCUT2D eigenvalue weighted by Crippen LogP contribution is 2.25. The van der Waals surface area contributed by atoms with Crippen molar-refractivity contribution >= 4 is 27.5 Å². The molecule has 0 amide bonds. The zero-order valence-electron chi connectivity index (χ0n) is 7.23. The highest BCUT2D eigenvalue weighted by molar-refractivity contribution is 7.19. The van der Waals surface area contributed by atoms with E-state index in [4.69, 9.17) is 5.73 Å². The molecule has 0 aliphatic carbocycles. The Balaban J connectivity index is 2.44. The van der Waals surface area contributed by atoms with Gasteiger partial charge in [0.2, 0.25) is 0 Å². The van der Waals surface area contributed by atoms with E-state index in [0.717, 1.165) is 0 Å². The average Bonchev–Trinajstić information content (AvgIpc) is 2.57. The lowest BCUT2D eigenvalue weighted by Gasteiger charge is -1.82. The highest BCUT2D eigenvalue weighted by atomic mass is 32.1. The Bertz CT molecular complexity index is 395. The predicted octanol–water partition coefficient (Wildman–Crippen LogP) is 2.87. The van der Waals surface area contributed by atoms with E-state index in [1.807, 2.05) is 6.08 Å². The smallest absolute Gasteiger partial charge is 0.0349 e. The van der Waals surface area contributed by atoms with Gasteiger partial charge in [0, 0.05) is 16.1 Å². The molecule has 0 aliphatic heterocycles. The molecule has 0 atom stereocenters. The SMILES string of the molecule is NC/C=C/c1cc2ccccc2s1. The van der Waals surface area contributed by atoms with Crippen LogP contribution in [0.1, 0.15) is 4.88 Å². The van der Waals surface area contributed by atoms with Crippen LogP contribution in [0.15, 0.2) is 36.4 Å². The molecular formula is C11H11NS. The molecule has 1 aromatic carbocycles. The van der Waals surface area contributed by atoms with Crippen LogP contribution >= 0.6 is 11.3 Å². The fourth-order valence-electron chi connectivity index (χ4n) is 1.27. The van der Waals surface area contributed by atoms with Gasteiger partial charge in [-0.05, 0) is 23.6 Å². The third kappa shape index (κ3) is 1.79. The second-order valence-corrected chi connectivity index (χ2v) is 3.94. The molecule has 0 bridgehead atoms. The lowest BCUT2D eigenvalue weighted by molar-refractivity contribution is 1.26. The first kappa shape index (κ1) is 8.48. The van der Waals surface area contributed by atoms with Gasteiger partial charge in [-0.1, -0.05) is 24.3 Å². The number of nitrogens with two attached hydrogens (primary N) is 1. The maximum Gasteiger partial charge on any atom is 0.0349 e. The van der Waals surface area contributed by atoms with Crippen molar-refractivity contribution in [1.82, 2.24) is 0 Å². The van der Waals surface area contributed by atoms with Crippen molar-refractivity contribution in [1.29, 1.82) is 0 Å². The predicted molar refractivity (Wildman–Crippen MR) is 59.9 cm³/mol. The Hall–Kier alpha value is -1.12. The molecule has 0 saturated heterocycles. The summed E-state index contributed by atoms with van der Waals surface area (Å²) in [6.07, 6.45) is 4.05. The summed E-state index contributed by atoms with van der Waals surface area (Å²) >= 11 is 1.79. The molecule has 13 heavy (non-hydrogen) atoms. The van der Waals surface area contributed by atoms with Crippen LogP contribution in [0.3, 0.4) is 0 Å². The lowest BCUT2D eigenvalue weighted by Crippen LogP contribution is -1.91. The maximum atomic E-state index is 5.39. The van der Waals surface area contributed by atoms with Crippen molar-refractivity contribution < 1.29 is 0 Å². The van der Waals surface area contributed by atoms with Crippen LogP contribution in [0.25, 0.3) is 16.2 Å². The number of fused-ring (bicyclic) bond motifs is 1. The maximum absolute atomic E-state index is 5.39. The first-order valence-electron chi connectivity index (χ1n) is 4.25. The summed E-state index contributed by atoms with van der Waals surface area (Å²) in [5.41, 5.74) is 5.39. The van der Waals surface area contributed by atoms with Gasteiger partial charge in [-0.3, -0.25) is 0 Å². The summed E-state index contributed by atoms with van der Waals surface area (Å²) in [6.45, 7) is 0.605. The molecule has 1 heterocycles. The normalized spacial score (nSPS) is 11.5. The van der Waals surface area contributed by atoms with Crippen molar-refractivity contribution in [3.63, 3.8) is 0 Å². The number of hydrogen-bond donors (Lipinski definition) is 1. The first-order valence-corrected chi connectivity index (χ1v) is 5.07. The quantitative estimate of drug-likeness (QED) is 0.772. The van der Waals surface area contributed by atoms with Crippen LogP contribution in [0.2, 0.25) is 0 Å². The van der Waals surface area contributed by atoms with Gasteiger partial charge in [-0.15, -0.1) is 11.3 Å². The van der Waals surface area contributed by atoms with Crippen LogP contribution < -0.4 is 5.73 Å². The topological polar surface area (TPSA) is 26.0 Å². The van der Waals surface area contributed by atoms with Gasteiger partial charge in [0.15, 0.2) is 0 Å². The van der Waals surface area contributed by atoms with Gasteiger partial charge in [0.1, 0.15) is 0 Å². The summed E-state index contributed by atoms with van der Waals surface area (Å²) in [7, 11) is 0. The Morgan fingerprint density at radius 2 is 2.15 bits per heavy atom. The molecule has 2 rings (SSSR count). The van der Waals surface area contributed by atoms with Gasteiger partial charge >= 0.3 is 0 Å². The van der Waals surface area contributed by atoms with E-state index in [1.54, 1.807) is 11.3 Å². The molecule has 0 saturated carbocycles. The number of thiophene rings is 1. The summed E-state index contributed by atoms with van der Waals surface area (Å²) in [5, 5.41) is 1.31. The van der Waals surface area contributed by atoms with Crippen LogP contribution in [-0.4, -0.2) is 6.54 Å². The van der Waals surface area contributed by atoms with Gasteiger partial charge < -0.3 is 5.73 Å². The first-order chi connectivity index (χ1) is 6.40. The van der Waals surface area contributed by atoms with Gasteiger partial charge in [-0.25, -0.2) is 0 Å². The summed E-state index contributed by atoms with van der Waals surface area (Å²) < 4.78 is 1.33. The Labute approximate surface area is 81.5 Å². The molecule has 1 aromatic heterocycles. The van der Waals surface area contributed by atoms with E-state index in [0.29, 0.717) is 6.54 Å². The second kappa shape index (κ2) is 3.73. The number of hydrogen-bond acceptors (Lipinski definition) is 2. The van der Waals surface area contributed by atoms with Crippen molar-refractivity contribution in [2.24, 2.45) is 5.73 Å². The molecule has 0 fully saturated rings. The minimum absolute atomic E-state index is 0.605. The molecule has 1 nitrogen and oxygen atoms in total. The van der Waals surface area contributed by atoms with Gasteiger partial charge in [0.25, 0.3) is 0 Å². The molecule has 0 aliphatic rings. The van der Waals surface area contributed by atoms with Crippen LogP contribution in [0, 0.1) is 0 Å². The van der Waals surface area contributed by atoms with E-state index >= 15 is 0 Å². The zero-order valence-corrected chi connectivity index (χ0v) is 8.05. The highest BCUT2D eigenvalue weighted by Gasteiger charge is 1.96.